The van der Waals surface area contributed by atoms with E-state index in [0.29, 0.717) is 0 Å². The third kappa shape index (κ3) is 3.36. The molecule has 4 nitrogen and oxygen atoms in total. The van der Waals surface area contributed by atoms with E-state index in [1.807, 2.05) is 23.2 Å². The van der Waals surface area contributed by atoms with Crippen LogP contribution in [-0.2, 0) is 6.54 Å². The highest BCUT2D eigenvalue weighted by atomic mass is 32.1. The molecule has 22 heavy (non-hydrogen) atoms. The van der Waals surface area contributed by atoms with Gasteiger partial charge in [0.1, 0.15) is 0 Å². The molecule has 0 spiro atoms. The van der Waals surface area contributed by atoms with Gasteiger partial charge in [-0.25, -0.2) is 0 Å². The second-order valence-electron chi connectivity index (χ2n) is 5.78. The Morgan fingerprint density at radius 3 is 2.64 bits per heavy atom. The fourth-order valence-electron chi connectivity index (χ4n) is 2.69. The first kappa shape index (κ1) is 15.2. The molecule has 0 aromatic carbocycles. The Balaban J connectivity index is 1.56. The summed E-state index contributed by atoms with van der Waals surface area (Å²) in [5.74, 6) is 0.183. The van der Waals surface area contributed by atoms with E-state index in [1.165, 1.54) is 16.0 Å². The summed E-state index contributed by atoms with van der Waals surface area (Å²) < 4.78 is 0. The van der Waals surface area contributed by atoms with Crippen molar-refractivity contribution in [2.24, 2.45) is 0 Å². The van der Waals surface area contributed by atoms with Crippen LogP contribution in [0.2, 0.25) is 0 Å². The number of rotatable bonds is 3. The lowest BCUT2D eigenvalue weighted by Crippen LogP contribution is -2.48. The maximum Gasteiger partial charge on any atom is 0.264 e. The van der Waals surface area contributed by atoms with Gasteiger partial charge in [-0.05, 0) is 37.1 Å². The number of aromatic nitrogens is 1. The summed E-state index contributed by atoms with van der Waals surface area (Å²) in [6.45, 7) is 8.49. The van der Waals surface area contributed by atoms with Gasteiger partial charge in [0.05, 0.1) is 4.88 Å². The molecule has 2 aromatic heterocycles. The van der Waals surface area contributed by atoms with E-state index < -0.39 is 0 Å². The molecule has 1 aliphatic heterocycles. The molecule has 0 radical (unpaired) electrons. The van der Waals surface area contributed by atoms with Gasteiger partial charge in [0.25, 0.3) is 5.91 Å². The molecular formula is C17H21N3OS. The van der Waals surface area contributed by atoms with Crippen molar-refractivity contribution >= 4 is 17.2 Å². The molecule has 0 N–H and O–H groups in total. The lowest BCUT2D eigenvalue weighted by Gasteiger charge is -2.34. The molecule has 0 unspecified atom stereocenters. The third-order valence-electron chi connectivity index (χ3n) is 4.17. The van der Waals surface area contributed by atoms with Gasteiger partial charge in [-0.15, -0.1) is 11.3 Å². The Morgan fingerprint density at radius 1 is 1.27 bits per heavy atom. The fourth-order valence-corrected chi connectivity index (χ4v) is 3.70. The van der Waals surface area contributed by atoms with Crippen LogP contribution in [0.3, 0.4) is 0 Å². The fraction of sp³-hybridized carbons (Fsp3) is 0.412. The van der Waals surface area contributed by atoms with Crippen molar-refractivity contribution in [1.29, 1.82) is 0 Å². The number of hydrogen-bond donors (Lipinski definition) is 0. The van der Waals surface area contributed by atoms with Crippen LogP contribution in [0, 0.1) is 13.8 Å². The normalized spacial score (nSPS) is 16.0. The summed E-state index contributed by atoms with van der Waals surface area (Å²) in [5.41, 5.74) is 2.44. The van der Waals surface area contributed by atoms with Gasteiger partial charge in [0, 0.05) is 50.0 Å². The Hall–Kier alpha value is -1.72. The van der Waals surface area contributed by atoms with Gasteiger partial charge >= 0.3 is 0 Å². The standard InChI is InChI=1S/C17H21N3OS/c1-13-10-16(22-14(13)2)17(21)20-8-6-19(7-9-20)12-15-4-3-5-18-11-15/h3-5,10-11H,6-9,12H2,1-2H3. The summed E-state index contributed by atoms with van der Waals surface area (Å²) >= 11 is 1.61. The lowest BCUT2D eigenvalue weighted by atomic mass is 10.2. The van der Waals surface area contributed by atoms with Gasteiger partial charge in [0.15, 0.2) is 0 Å². The zero-order valence-corrected chi connectivity index (χ0v) is 13.9. The van der Waals surface area contributed by atoms with Crippen molar-refractivity contribution in [3.05, 3.63) is 51.5 Å². The van der Waals surface area contributed by atoms with Crippen LogP contribution >= 0.6 is 11.3 Å². The highest BCUT2D eigenvalue weighted by Gasteiger charge is 2.23. The number of pyridine rings is 1. The van der Waals surface area contributed by atoms with E-state index in [2.05, 4.69) is 29.8 Å². The third-order valence-corrected chi connectivity index (χ3v) is 5.31. The van der Waals surface area contributed by atoms with Crippen LogP contribution in [0.5, 0.6) is 0 Å². The van der Waals surface area contributed by atoms with Crippen molar-refractivity contribution < 1.29 is 4.79 Å². The molecule has 1 fully saturated rings. The minimum absolute atomic E-state index is 0.183. The molecule has 116 valence electrons. The van der Waals surface area contributed by atoms with Crippen molar-refractivity contribution in [3.63, 3.8) is 0 Å². The molecule has 3 rings (SSSR count). The molecule has 0 atom stereocenters. The topological polar surface area (TPSA) is 36.4 Å². The first-order chi connectivity index (χ1) is 10.6. The average molecular weight is 315 g/mol. The smallest absolute Gasteiger partial charge is 0.264 e. The van der Waals surface area contributed by atoms with Crippen LogP contribution < -0.4 is 0 Å². The summed E-state index contributed by atoms with van der Waals surface area (Å²) in [4.78, 5) is 23.2. The minimum Gasteiger partial charge on any atom is -0.335 e. The molecule has 1 aliphatic rings. The van der Waals surface area contributed by atoms with E-state index in [0.717, 1.165) is 37.6 Å². The predicted molar refractivity (Wildman–Crippen MR) is 89.2 cm³/mol. The molecule has 0 bridgehead atoms. The Morgan fingerprint density at radius 2 is 2.05 bits per heavy atom. The zero-order chi connectivity index (χ0) is 15.5. The summed E-state index contributed by atoms with van der Waals surface area (Å²) in [6, 6.07) is 6.09. The lowest BCUT2D eigenvalue weighted by molar-refractivity contribution is 0.0633. The maximum atomic E-state index is 12.5. The van der Waals surface area contributed by atoms with Crippen LogP contribution in [0.25, 0.3) is 0 Å². The van der Waals surface area contributed by atoms with Gasteiger partial charge in [-0.1, -0.05) is 6.07 Å². The van der Waals surface area contributed by atoms with Gasteiger partial charge in [-0.2, -0.15) is 0 Å². The number of piperazine rings is 1. The molecule has 3 heterocycles. The quantitative estimate of drug-likeness (QED) is 0.874. The van der Waals surface area contributed by atoms with Gasteiger partial charge in [-0.3, -0.25) is 14.7 Å². The van der Waals surface area contributed by atoms with Crippen LogP contribution in [-0.4, -0.2) is 46.9 Å². The van der Waals surface area contributed by atoms with Crippen molar-refractivity contribution in [2.75, 3.05) is 26.2 Å². The highest BCUT2D eigenvalue weighted by molar-refractivity contribution is 7.14. The van der Waals surface area contributed by atoms with E-state index in [9.17, 15) is 4.79 Å². The number of hydrogen-bond acceptors (Lipinski definition) is 4. The van der Waals surface area contributed by atoms with E-state index in [4.69, 9.17) is 0 Å². The number of carbonyl (C=O) groups is 1. The zero-order valence-electron chi connectivity index (χ0n) is 13.1. The number of amides is 1. The van der Waals surface area contributed by atoms with Crippen LogP contribution in [0.15, 0.2) is 30.6 Å². The van der Waals surface area contributed by atoms with Crippen molar-refractivity contribution in [2.45, 2.75) is 20.4 Å². The van der Waals surface area contributed by atoms with Gasteiger partial charge in [0.2, 0.25) is 0 Å². The molecular weight excluding hydrogens is 294 g/mol. The number of carbonyl (C=O) groups excluding carboxylic acids is 1. The average Bonchev–Trinajstić information content (AvgIpc) is 2.88. The predicted octanol–water partition coefficient (Wildman–Crippen LogP) is 2.72. The van der Waals surface area contributed by atoms with Gasteiger partial charge < -0.3 is 4.90 Å². The van der Waals surface area contributed by atoms with E-state index >= 15 is 0 Å². The van der Waals surface area contributed by atoms with Crippen LogP contribution in [0.4, 0.5) is 0 Å². The number of aryl methyl sites for hydroxylation is 2. The van der Waals surface area contributed by atoms with E-state index in [1.54, 1.807) is 17.5 Å². The Labute approximate surface area is 135 Å². The highest BCUT2D eigenvalue weighted by Crippen LogP contribution is 2.22. The summed E-state index contributed by atoms with van der Waals surface area (Å²) in [5, 5.41) is 0. The monoisotopic (exact) mass is 315 g/mol. The summed E-state index contributed by atoms with van der Waals surface area (Å²) in [7, 11) is 0. The van der Waals surface area contributed by atoms with Crippen molar-refractivity contribution in [3.8, 4) is 0 Å². The molecule has 2 aromatic rings. The first-order valence-electron chi connectivity index (χ1n) is 7.61. The minimum atomic E-state index is 0.183. The molecule has 0 saturated carbocycles. The Kier molecular flexibility index (Phi) is 4.55. The summed E-state index contributed by atoms with van der Waals surface area (Å²) in [6.07, 6.45) is 3.71. The molecule has 0 aliphatic carbocycles. The SMILES string of the molecule is Cc1cc(C(=O)N2CCN(Cc3cccnc3)CC2)sc1C. The van der Waals surface area contributed by atoms with Crippen LogP contribution in [0.1, 0.15) is 25.7 Å². The molecule has 5 heteroatoms. The maximum absolute atomic E-state index is 12.5. The second kappa shape index (κ2) is 6.58. The number of nitrogens with zero attached hydrogens (tertiary/aromatic N) is 3. The van der Waals surface area contributed by atoms with Crippen molar-refractivity contribution in [1.82, 2.24) is 14.8 Å². The molecule has 1 saturated heterocycles. The van der Waals surface area contributed by atoms with E-state index in [-0.39, 0.29) is 5.91 Å². The second-order valence-corrected chi connectivity index (χ2v) is 7.04. The largest absolute Gasteiger partial charge is 0.335 e. The number of thiophene rings is 1. The molecule has 1 amide bonds. The first-order valence-corrected chi connectivity index (χ1v) is 8.42. The Bertz CT molecular complexity index is 626.